The third kappa shape index (κ3) is 5.33. The molecule has 0 saturated heterocycles. The number of pyridine rings is 1. The number of methoxy groups -OCH3 is 3. The Balaban J connectivity index is 2.10. The molecule has 0 radical (unpaired) electrons. The fraction of sp³-hybridized carbons (Fsp3) is 0.308. The Hall–Kier alpha value is -3.94. The lowest BCUT2D eigenvalue weighted by Gasteiger charge is -2.22. The van der Waals surface area contributed by atoms with E-state index in [1.807, 2.05) is 0 Å². The minimum Gasteiger partial charge on any atom is -0.508 e. The van der Waals surface area contributed by atoms with Gasteiger partial charge in [-0.1, -0.05) is 18.2 Å². The van der Waals surface area contributed by atoms with E-state index in [1.54, 1.807) is 54.0 Å². The molecule has 0 aliphatic heterocycles. The van der Waals surface area contributed by atoms with Crippen molar-refractivity contribution in [1.82, 2.24) is 4.57 Å². The van der Waals surface area contributed by atoms with Gasteiger partial charge in [0.25, 0.3) is 5.56 Å². The Morgan fingerprint density at radius 2 is 1.71 bits per heavy atom. The van der Waals surface area contributed by atoms with Crippen molar-refractivity contribution < 1.29 is 29.2 Å². The number of aromatic hydroxyl groups is 2. The third-order valence-electron chi connectivity index (χ3n) is 5.85. The van der Waals surface area contributed by atoms with Crippen LogP contribution in [0.25, 0.3) is 0 Å². The summed E-state index contributed by atoms with van der Waals surface area (Å²) in [6.07, 6.45) is 0.377. The molecule has 3 aromatic rings. The van der Waals surface area contributed by atoms with Gasteiger partial charge in [-0.25, -0.2) is 0 Å². The van der Waals surface area contributed by atoms with Crippen LogP contribution in [-0.4, -0.2) is 42.1 Å². The summed E-state index contributed by atoms with van der Waals surface area (Å²) in [5.41, 5.74) is 1.77. The number of esters is 1. The fourth-order valence-electron chi connectivity index (χ4n) is 4.00. The van der Waals surface area contributed by atoms with E-state index in [1.165, 1.54) is 27.4 Å². The van der Waals surface area contributed by atoms with Gasteiger partial charge in [0.2, 0.25) is 0 Å². The second-order valence-corrected chi connectivity index (χ2v) is 7.90. The minimum atomic E-state index is -0.804. The first-order valence-electron chi connectivity index (χ1n) is 10.8. The van der Waals surface area contributed by atoms with E-state index < -0.39 is 17.4 Å². The van der Waals surface area contributed by atoms with Crippen LogP contribution in [0.5, 0.6) is 23.0 Å². The smallest absolute Gasteiger partial charge is 0.306 e. The van der Waals surface area contributed by atoms with Crippen molar-refractivity contribution in [3.63, 3.8) is 0 Å². The van der Waals surface area contributed by atoms with Crippen molar-refractivity contribution in [3.05, 3.63) is 81.3 Å². The van der Waals surface area contributed by atoms with Crippen LogP contribution in [0.1, 0.15) is 34.7 Å². The largest absolute Gasteiger partial charge is 0.508 e. The predicted molar refractivity (Wildman–Crippen MR) is 127 cm³/mol. The predicted octanol–water partition coefficient (Wildman–Crippen LogP) is 3.52. The number of benzene rings is 2. The molecule has 8 heteroatoms. The van der Waals surface area contributed by atoms with Crippen LogP contribution in [0.15, 0.2) is 53.3 Å². The number of ether oxygens (including phenoxy) is 3. The summed E-state index contributed by atoms with van der Waals surface area (Å²) in [5.74, 6) is -0.391. The second kappa shape index (κ2) is 10.8. The zero-order valence-corrected chi connectivity index (χ0v) is 19.7. The fourth-order valence-corrected chi connectivity index (χ4v) is 4.00. The Bertz CT molecular complexity index is 1220. The van der Waals surface area contributed by atoms with Gasteiger partial charge in [0.1, 0.15) is 23.0 Å². The third-order valence-corrected chi connectivity index (χ3v) is 5.85. The van der Waals surface area contributed by atoms with E-state index >= 15 is 0 Å². The quantitative estimate of drug-likeness (QED) is 0.464. The van der Waals surface area contributed by atoms with Crippen LogP contribution in [0.4, 0.5) is 0 Å². The van der Waals surface area contributed by atoms with Crippen LogP contribution in [0.2, 0.25) is 0 Å². The van der Waals surface area contributed by atoms with Crippen LogP contribution < -0.4 is 15.0 Å². The lowest BCUT2D eigenvalue weighted by Crippen LogP contribution is -2.29. The molecule has 1 atom stereocenters. The zero-order valence-electron chi connectivity index (χ0n) is 19.7. The van der Waals surface area contributed by atoms with E-state index in [2.05, 4.69) is 0 Å². The molecule has 180 valence electrons. The minimum absolute atomic E-state index is 0.0881. The van der Waals surface area contributed by atoms with Gasteiger partial charge >= 0.3 is 5.97 Å². The van der Waals surface area contributed by atoms with Gasteiger partial charge in [0, 0.05) is 29.8 Å². The molecule has 1 heterocycles. The van der Waals surface area contributed by atoms with Crippen LogP contribution >= 0.6 is 0 Å². The number of phenolic OH excluding ortho intramolecular Hbond substituents is 1. The molecule has 2 aromatic carbocycles. The van der Waals surface area contributed by atoms with Crippen molar-refractivity contribution in [3.8, 4) is 23.0 Å². The molecule has 2 N–H and O–H groups in total. The highest BCUT2D eigenvalue weighted by Crippen LogP contribution is 2.38. The van der Waals surface area contributed by atoms with Crippen molar-refractivity contribution in [2.45, 2.75) is 32.2 Å². The van der Waals surface area contributed by atoms with Gasteiger partial charge in [-0.3, -0.25) is 9.59 Å². The van der Waals surface area contributed by atoms with E-state index in [4.69, 9.17) is 14.2 Å². The maximum Gasteiger partial charge on any atom is 0.306 e. The van der Waals surface area contributed by atoms with E-state index in [9.17, 15) is 19.8 Å². The lowest BCUT2D eigenvalue weighted by atomic mass is 9.87. The number of hydrogen-bond donors (Lipinski definition) is 2. The van der Waals surface area contributed by atoms with Crippen LogP contribution in [0.3, 0.4) is 0 Å². The molecule has 0 aliphatic rings. The molecular formula is C26H29NO7. The monoisotopic (exact) mass is 467 g/mol. The first-order valence-corrected chi connectivity index (χ1v) is 10.8. The highest BCUT2D eigenvalue weighted by Gasteiger charge is 2.29. The van der Waals surface area contributed by atoms with Crippen LogP contribution in [0, 0.1) is 6.92 Å². The van der Waals surface area contributed by atoms with E-state index in [0.29, 0.717) is 35.7 Å². The molecule has 0 aliphatic carbocycles. The molecule has 8 nitrogen and oxygen atoms in total. The highest BCUT2D eigenvalue weighted by molar-refractivity contribution is 5.72. The maximum absolute atomic E-state index is 13.6. The number of hydrogen-bond acceptors (Lipinski definition) is 7. The number of phenols is 1. The van der Waals surface area contributed by atoms with Crippen molar-refractivity contribution in [2.75, 3.05) is 21.3 Å². The molecule has 3 rings (SSSR count). The summed E-state index contributed by atoms with van der Waals surface area (Å²) >= 11 is 0. The Kier molecular flexibility index (Phi) is 7.83. The molecule has 0 bridgehead atoms. The first kappa shape index (κ1) is 24.7. The van der Waals surface area contributed by atoms with Gasteiger partial charge in [0.15, 0.2) is 0 Å². The van der Waals surface area contributed by atoms with Gasteiger partial charge in [0.05, 0.1) is 33.3 Å². The molecular weight excluding hydrogens is 438 g/mol. The molecule has 0 fully saturated rings. The number of carbonyl (C=O) groups is 1. The zero-order chi connectivity index (χ0) is 24.8. The molecule has 0 unspecified atom stereocenters. The van der Waals surface area contributed by atoms with Crippen molar-refractivity contribution in [2.24, 2.45) is 0 Å². The normalized spacial score (nSPS) is 11.6. The SMILES string of the molecule is COC(=O)C[C@H](c1ccc(OC)cc1OC)c1c(O)cc(C)n(CCc2ccc(O)cc2)c1=O. The van der Waals surface area contributed by atoms with Crippen molar-refractivity contribution in [1.29, 1.82) is 0 Å². The summed E-state index contributed by atoms with van der Waals surface area (Å²) in [6, 6.07) is 13.4. The number of aromatic nitrogens is 1. The first-order chi connectivity index (χ1) is 16.3. The maximum atomic E-state index is 13.6. The lowest BCUT2D eigenvalue weighted by molar-refractivity contribution is -0.140. The second-order valence-electron chi connectivity index (χ2n) is 7.90. The average Bonchev–Trinajstić information content (AvgIpc) is 2.83. The molecule has 0 amide bonds. The van der Waals surface area contributed by atoms with Crippen LogP contribution in [-0.2, 0) is 22.5 Å². The van der Waals surface area contributed by atoms with E-state index in [0.717, 1.165) is 5.56 Å². The summed E-state index contributed by atoms with van der Waals surface area (Å²) in [7, 11) is 4.28. The topological polar surface area (TPSA) is 107 Å². The van der Waals surface area contributed by atoms with Gasteiger partial charge < -0.3 is 29.0 Å². The number of rotatable bonds is 9. The number of aryl methyl sites for hydroxylation is 2. The molecule has 0 saturated carbocycles. The average molecular weight is 468 g/mol. The van der Waals surface area contributed by atoms with Crippen molar-refractivity contribution >= 4 is 5.97 Å². The van der Waals surface area contributed by atoms with Gasteiger partial charge in [-0.15, -0.1) is 0 Å². The summed E-state index contributed by atoms with van der Waals surface area (Å²) in [5, 5.41) is 20.3. The Morgan fingerprint density at radius 1 is 1.00 bits per heavy atom. The summed E-state index contributed by atoms with van der Waals surface area (Å²) < 4.78 is 17.2. The van der Waals surface area contributed by atoms with Gasteiger partial charge in [-0.05, 0) is 43.2 Å². The standard InChI is InChI=1S/C26H29NO7/c1-16-13-22(29)25(26(31)27(16)12-11-17-5-7-18(28)8-6-17)21(15-24(30)34-4)20-10-9-19(32-2)14-23(20)33-3/h5-10,13-14,21,28-29H,11-12,15H2,1-4H3/t21-/m1/s1. The summed E-state index contributed by atoms with van der Waals surface area (Å²) in [4.78, 5) is 25.9. The number of carbonyl (C=O) groups excluding carboxylic acids is 1. The molecule has 34 heavy (non-hydrogen) atoms. The van der Waals surface area contributed by atoms with E-state index in [-0.39, 0.29) is 23.5 Å². The highest BCUT2D eigenvalue weighted by atomic mass is 16.5. The number of nitrogens with zero attached hydrogens (tertiary/aromatic N) is 1. The van der Waals surface area contributed by atoms with Gasteiger partial charge in [-0.2, -0.15) is 0 Å². The molecule has 1 aromatic heterocycles. The Labute approximate surface area is 198 Å². The molecule has 0 spiro atoms. The summed E-state index contributed by atoms with van der Waals surface area (Å²) in [6.45, 7) is 2.10. The Morgan fingerprint density at radius 3 is 2.32 bits per heavy atom.